The van der Waals surface area contributed by atoms with Gasteiger partial charge in [0.1, 0.15) is 11.5 Å². The lowest BCUT2D eigenvalue weighted by Crippen LogP contribution is -2.35. The van der Waals surface area contributed by atoms with Gasteiger partial charge in [-0.1, -0.05) is 29.8 Å². The highest BCUT2D eigenvalue weighted by Crippen LogP contribution is 2.30. The van der Waals surface area contributed by atoms with Crippen LogP contribution in [0.1, 0.15) is 11.1 Å². The number of aryl methyl sites for hydroxylation is 1. The number of rotatable bonds is 6. The van der Waals surface area contributed by atoms with Crippen molar-refractivity contribution in [1.29, 1.82) is 0 Å². The van der Waals surface area contributed by atoms with Gasteiger partial charge in [0.2, 0.25) is 0 Å². The van der Waals surface area contributed by atoms with E-state index in [4.69, 9.17) is 4.74 Å². The van der Waals surface area contributed by atoms with Crippen molar-refractivity contribution in [3.05, 3.63) is 71.2 Å². The van der Waals surface area contributed by atoms with Gasteiger partial charge in [-0.2, -0.15) is 0 Å². The number of halogens is 1. The molecule has 0 saturated carbocycles. The SMILES string of the molecule is COCCN1C(=O)C(Nc2ccc(C)cc2)=C(c2ccc(F)cc2)C1=O. The molecule has 0 fully saturated rings. The second-order valence-corrected chi connectivity index (χ2v) is 6.00. The molecule has 1 aliphatic rings. The number of hydrogen-bond donors (Lipinski definition) is 1. The molecule has 0 radical (unpaired) electrons. The van der Waals surface area contributed by atoms with Crippen molar-refractivity contribution in [1.82, 2.24) is 4.90 Å². The lowest BCUT2D eigenvalue weighted by atomic mass is 10.0. The molecule has 2 aromatic carbocycles. The van der Waals surface area contributed by atoms with Crippen LogP contribution < -0.4 is 5.32 Å². The topological polar surface area (TPSA) is 58.6 Å². The molecule has 0 aromatic heterocycles. The monoisotopic (exact) mass is 354 g/mol. The third-order valence-corrected chi connectivity index (χ3v) is 4.14. The van der Waals surface area contributed by atoms with Crippen LogP contribution in [-0.4, -0.2) is 37.0 Å². The molecular weight excluding hydrogens is 335 g/mol. The molecule has 0 saturated heterocycles. The maximum Gasteiger partial charge on any atom is 0.278 e. The maximum absolute atomic E-state index is 13.3. The van der Waals surface area contributed by atoms with Crippen LogP contribution in [0.15, 0.2) is 54.2 Å². The fourth-order valence-electron chi connectivity index (χ4n) is 2.74. The average molecular weight is 354 g/mol. The lowest BCUT2D eigenvalue weighted by molar-refractivity contribution is -0.137. The standard InChI is InChI=1S/C20H19FN2O3/c1-13-3-9-16(10-4-13)22-18-17(14-5-7-15(21)8-6-14)19(24)23(20(18)25)11-12-26-2/h3-10,22H,11-12H2,1-2H3. The highest BCUT2D eigenvalue weighted by atomic mass is 19.1. The van der Waals surface area contributed by atoms with Gasteiger partial charge in [-0.25, -0.2) is 4.39 Å². The second-order valence-electron chi connectivity index (χ2n) is 6.00. The Hall–Kier alpha value is -2.99. The summed E-state index contributed by atoms with van der Waals surface area (Å²) >= 11 is 0. The summed E-state index contributed by atoms with van der Waals surface area (Å²) in [7, 11) is 1.50. The van der Waals surface area contributed by atoms with E-state index >= 15 is 0 Å². The van der Waals surface area contributed by atoms with Gasteiger partial charge in [0.15, 0.2) is 0 Å². The van der Waals surface area contributed by atoms with Gasteiger partial charge in [-0.3, -0.25) is 14.5 Å². The summed E-state index contributed by atoms with van der Waals surface area (Å²) in [6.45, 7) is 2.35. The summed E-state index contributed by atoms with van der Waals surface area (Å²) in [5.74, 6) is -1.25. The predicted molar refractivity (Wildman–Crippen MR) is 96.7 cm³/mol. The number of anilines is 1. The molecule has 2 aromatic rings. The van der Waals surface area contributed by atoms with Gasteiger partial charge in [0.05, 0.1) is 18.7 Å². The summed E-state index contributed by atoms with van der Waals surface area (Å²) < 4.78 is 18.3. The summed E-state index contributed by atoms with van der Waals surface area (Å²) in [6.07, 6.45) is 0. The van der Waals surface area contributed by atoms with Crippen molar-refractivity contribution in [2.24, 2.45) is 0 Å². The molecular formula is C20H19FN2O3. The first-order valence-corrected chi connectivity index (χ1v) is 8.20. The van der Waals surface area contributed by atoms with E-state index < -0.39 is 17.6 Å². The molecule has 1 N–H and O–H groups in total. The van der Waals surface area contributed by atoms with Gasteiger partial charge in [-0.05, 0) is 36.8 Å². The van der Waals surface area contributed by atoms with E-state index in [1.807, 2.05) is 31.2 Å². The van der Waals surface area contributed by atoms with Gasteiger partial charge < -0.3 is 10.1 Å². The molecule has 0 aliphatic carbocycles. The smallest absolute Gasteiger partial charge is 0.278 e. The number of hydrogen-bond acceptors (Lipinski definition) is 4. The number of benzene rings is 2. The summed E-state index contributed by atoms with van der Waals surface area (Å²) in [5.41, 5.74) is 2.67. The van der Waals surface area contributed by atoms with Gasteiger partial charge in [0, 0.05) is 12.8 Å². The van der Waals surface area contributed by atoms with Crippen LogP contribution in [0.5, 0.6) is 0 Å². The van der Waals surface area contributed by atoms with E-state index in [9.17, 15) is 14.0 Å². The van der Waals surface area contributed by atoms with Crippen LogP contribution in [0, 0.1) is 12.7 Å². The van der Waals surface area contributed by atoms with Crippen molar-refractivity contribution in [2.45, 2.75) is 6.92 Å². The summed E-state index contributed by atoms with van der Waals surface area (Å²) in [4.78, 5) is 26.8. The number of imide groups is 1. The van der Waals surface area contributed by atoms with Crippen LogP contribution in [0.3, 0.4) is 0 Å². The zero-order valence-electron chi connectivity index (χ0n) is 14.6. The van der Waals surface area contributed by atoms with E-state index in [2.05, 4.69) is 5.32 Å². The van der Waals surface area contributed by atoms with Crippen molar-refractivity contribution in [3.8, 4) is 0 Å². The summed E-state index contributed by atoms with van der Waals surface area (Å²) in [6, 6.07) is 13.0. The summed E-state index contributed by atoms with van der Waals surface area (Å²) in [5, 5.41) is 3.05. The zero-order chi connectivity index (χ0) is 18.7. The van der Waals surface area contributed by atoms with Crippen molar-refractivity contribution in [3.63, 3.8) is 0 Å². The first-order valence-electron chi connectivity index (χ1n) is 8.20. The number of nitrogens with zero attached hydrogens (tertiary/aromatic N) is 1. The molecule has 26 heavy (non-hydrogen) atoms. The fraction of sp³-hybridized carbons (Fsp3) is 0.200. The number of carbonyl (C=O) groups excluding carboxylic acids is 2. The Balaban J connectivity index is 2.02. The number of ether oxygens (including phenoxy) is 1. The van der Waals surface area contributed by atoms with Crippen LogP contribution in [0.25, 0.3) is 5.57 Å². The third kappa shape index (κ3) is 3.50. The molecule has 3 rings (SSSR count). The minimum atomic E-state index is -0.424. The van der Waals surface area contributed by atoms with E-state index in [0.29, 0.717) is 11.3 Å². The Morgan fingerprint density at radius 1 is 1.00 bits per heavy atom. The number of carbonyl (C=O) groups is 2. The number of nitrogens with one attached hydrogen (secondary N) is 1. The van der Waals surface area contributed by atoms with Crippen LogP contribution in [-0.2, 0) is 14.3 Å². The molecule has 134 valence electrons. The maximum atomic E-state index is 13.3. The highest BCUT2D eigenvalue weighted by Gasteiger charge is 2.38. The van der Waals surface area contributed by atoms with E-state index in [1.165, 1.54) is 31.4 Å². The minimum Gasteiger partial charge on any atom is -0.383 e. The van der Waals surface area contributed by atoms with Gasteiger partial charge in [-0.15, -0.1) is 0 Å². The molecule has 6 heteroatoms. The van der Waals surface area contributed by atoms with Crippen molar-refractivity contribution >= 4 is 23.1 Å². The van der Waals surface area contributed by atoms with Crippen molar-refractivity contribution < 1.29 is 18.7 Å². The van der Waals surface area contributed by atoms with Gasteiger partial charge >= 0.3 is 0 Å². The second kappa shape index (κ2) is 7.49. The molecule has 0 spiro atoms. The van der Waals surface area contributed by atoms with Crippen LogP contribution >= 0.6 is 0 Å². The highest BCUT2D eigenvalue weighted by molar-refractivity contribution is 6.36. The third-order valence-electron chi connectivity index (χ3n) is 4.14. The Morgan fingerprint density at radius 3 is 2.27 bits per heavy atom. The average Bonchev–Trinajstić information content (AvgIpc) is 2.86. The van der Waals surface area contributed by atoms with E-state index in [-0.39, 0.29) is 24.4 Å². The molecule has 0 bridgehead atoms. The molecule has 5 nitrogen and oxygen atoms in total. The predicted octanol–water partition coefficient (Wildman–Crippen LogP) is 2.97. The normalized spacial score (nSPS) is 14.3. The van der Waals surface area contributed by atoms with Crippen LogP contribution in [0.2, 0.25) is 0 Å². The van der Waals surface area contributed by atoms with Gasteiger partial charge in [0.25, 0.3) is 11.8 Å². The fourth-order valence-corrected chi connectivity index (χ4v) is 2.74. The molecule has 0 atom stereocenters. The van der Waals surface area contributed by atoms with E-state index in [1.54, 1.807) is 0 Å². The van der Waals surface area contributed by atoms with Crippen molar-refractivity contribution in [2.75, 3.05) is 25.6 Å². The molecule has 0 unspecified atom stereocenters. The Labute approximate surface area is 151 Å². The first kappa shape index (κ1) is 17.8. The molecule has 2 amide bonds. The Kier molecular flexibility index (Phi) is 5.14. The Bertz CT molecular complexity index is 858. The lowest BCUT2D eigenvalue weighted by Gasteiger charge is -2.14. The van der Waals surface area contributed by atoms with Crippen LogP contribution in [0.4, 0.5) is 10.1 Å². The largest absolute Gasteiger partial charge is 0.383 e. The zero-order valence-corrected chi connectivity index (χ0v) is 14.6. The number of methoxy groups -OCH3 is 1. The Morgan fingerprint density at radius 2 is 1.65 bits per heavy atom. The minimum absolute atomic E-state index is 0.151. The quantitative estimate of drug-likeness (QED) is 0.811. The molecule has 1 heterocycles. The first-order chi connectivity index (χ1) is 12.5. The molecule has 1 aliphatic heterocycles. The van der Waals surface area contributed by atoms with E-state index in [0.717, 1.165) is 10.5 Å². The number of amides is 2.